The summed E-state index contributed by atoms with van der Waals surface area (Å²) in [5.74, 6) is -0.727. The number of hydrogen-bond donors (Lipinski definition) is 2. The predicted molar refractivity (Wildman–Crippen MR) is 124 cm³/mol. The van der Waals surface area contributed by atoms with Gasteiger partial charge >= 0.3 is 6.18 Å². The first kappa shape index (κ1) is 26.7. The maximum atomic E-state index is 13.5. The molecule has 192 valence electrons. The Labute approximate surface area is 204 Å². The third-order valence-corrected chi connectivity index (χ3v) is 6.47. The quantitative estimate of drug-likeness (QED) is 0.400. The van der Waals surface area contributed by atoms with Crippen LogP contribution in [0.1, 0.15) is 18.5 Å². The Bertz CT molecular complexity index is 1360. The summed E-state index contributed by atoms with van der Waals surface area (Å²) >= 11 is 0. The van der Waals surface area contributed by atoms with Gasteiger partial charge in [-0.3, -0.25) is 4.79 Å². The number of nitrogens with one attached hydrogen (secondary N) is 1. The number of anilines is 1. The molecule has 0 atom stereocenters. The summed E-state index contributed by atoms with van der Waals surface area (Å²) in [7, 11) is -1.65. The number of sulfone groups is 1. The maximum Gasteiger partial charge on any atom is 0.433 e. The van der Waals surface area contributed by atoms with Crippen molar-refractivity contribution >= 4 is 21.4 Å². The Hall–Kier alpha value is -3.87. The number of phenols is 1. The second-order valence-electron chi connectivity index (χ2n) is 7.51. The van der Waals surface area contributed by atoms with Crippen LogP contribution < -0.4 is 14.8 Å². The lowest BCUT2D eigenvalue weighted by atomic mass is 10.1. The van der Waals surface area contributed by atoms with Crippen molar-refractivity contribution in [2.45, 2.75) is 24.2 Å². The number of alkyl halides is 3. The summed E-state index contributed by atoms with van der Waals surface area (Å²) in [5.41, 5.74) is -1.24. The average molecular weight is 526 g/mol. The molecular weight excluding hydrogens is 503 g/mol. The van der Waals surface area contributed by atoms with Crippen LogP contribution in [0.15, 0.2) is 53.7 Å². The van der Waals surface area contributed by atoms with Gasteiger partial charge in [0.1, 0.15) is 11.4 Å². The fourth-order valence-electron chi connectivity index (χ4n) is 3.17. The standard InChI is InChI=1S/C23H22F3N3O6S/c1-34-18-9-8-14(11-19(18)35-2)17-13-20(23(24,25)26)29-22(28-17)36(32,33)10-4-7-21(31)27-15-5-3-6-16(30)12-15/h3,5-6,8-9,11-13,30H,4,7,10H2,1-2H3,(H,27,31). The van der Waals surface area contributed by atoms with E-state index in [0.717, 1.165) is 0 Å². The summed E-state index contributed by atoms with van der Waals surface area (Å²) in [5, 5.41) is 10.9. The van der Waals surface area contributed by atoms with E-state index in [4.69, 9.17) is 9.47 Å². The number of benzene rings is 2. The van der Waals surface area contributed by atoms with Crippen molar-refractivity contribution in [1.29, 1.82) is 0 Å². The van der Waals surface area contributed by atoms with Gasteiger partial charge in [-0.25, -0.2) is 18.4 Å². The zero-order valence-electron chi connectivity index (χ0n) is 19.2. The molecule has 0 fully saturated rings. The molecule has 0 aliphatic rings. The van der Waals surface area contributed by atoms with E-state index in [0.29, 0.717) is 17.5 Å². The molecule has 3 rings (SSSR count). The molecule has 1 heterocycles. The second-order valence-corrected chi connectivity index (χ2v) is 9.51. The fraction of sp³-hybridized carbons (Fsp3) is 0.261. The molecule has 0 saturated heterocycles. The number of aromatic nitrogens is 2. The zero-order valence-corrected chi connectivity index (χ0v) is 20.0. The number of amides is 1. The molecule has 0 aliphatic heterocycles. The first-order valence-corrected chi connectivity index (χ1v) is 12.1. The summed E-state index contributed by atoms with van der Waals surface area (Å²) in [6.07, 6.45) is -5.37. The van der Waals surface area contributed by atoms with Crippen molar-refractivity contribution in [3.8, 4) is 28.5 Å². The van der Waals surface area contributed by atoms with Crippen LogP contribution in [-0.4, -0.2) is 49.4 Å². The molecule has 0 bridgehead atoms. The lowest BCUT2D eigenvalue weighted by Crippen LogP contribution is -2.18. The van der Waals surface area contributed by atoms with Gasteiger partial charge in [-0.1, -0.05) is 6.07 Å². The minimum Gasteiger partial charge on any atom is -0.508 e. The van der Waals surface area contributed by atoms with Gasteiger partial charge in [0.25, 0.3) is 0 Å². The van der Waals surface area contributed by atoms with Crippen molar-refractivity contribution in [2.75, 3.05) is 25.3 Å². The highest BCUT2D eigenvalue weighted by Gasteiger charge is 2.35. The molecule has 3 aromatic rings. The molecule has 0 unspecified atom stereocenters. The van der Waals surface area contributed by atoms with E-state index in [9.17, 15) is 31.5 Å². The van der Waals surface area contributed by atoms with Crippen molar-refractivity contribution < 1.29 is 41.0 Å². The molecule has 9 nitrogen and oxygen atoms in total. The molecule has 0 aliphatic carbocycles. The number of carbonyl (C=O) groups is 1. The highest BCUT2D eigenvalue weighted by molar-refractivity contribution is 7.91. The lowest BCUT2D eigenvalue weighted by Gasteiger charge is -2.13. The number of rotatable bonds is 9. The molecule has 13 heteroatoms. The maximum absolute atomic E-state index is 13.5. The number of halogens is 3. The summed E-state index contributed by atoms with van der Waals surface area (Å²) < 4.78 is 76.4. The van der Waals surface area contributed by atoms with Crippen LogP contribution in [0.2, 0.25) is 0 Å². The normalized spacial score (nSPS) is 11.7. The van der Waals surface area contributed by atoms with Gasteiger partial charge in [0.05, 0.1) is 25.7 Å². The molecule has 0 radical (unpaired) electrons. The van der Waals surface area contributed by atoms with E-state index in [2.05, 4.69) is 15.3 Å². The summed E-state index contributed by atoms with van der Waals surface area (Å²) in [6, 6.07) is 10.6. The van der Waals surface area contributed by atoms with E-state index in [-0.39, 0.29) is 35.6 Å². The third-order valence-electron chi connectivity index (χ3n) is 4.90. The lowest BCUT2D eigenvalue weighted by molar-refractivity contribution is -0.141. The van der Waals surface area contributed by atoms with Crippen LogP contribution in [0.25, 0.3) is 11.3 Å². The molecule has 0 saturated carbocycles. The van der Waals surface area contributed by atoms with E-state index < -0.39 is 38.5 Å². The van der Waals surface area contributed by atoms with Gasteiger partial charge in [-0.2, -0.15) is 13.2 Å². The molecule has 0 spiro atoms. The van der Waals surface area contributed by atoms with Crippen LogP contribution in [0.5, 0.6) is 17.2 Å². The van der Waals surface area contributed by atoms with Gasteiger partial charge in [-0.15, -0.1) is 0 Å². The predicted octanol–water partition coefficient (Wildman–Crippen LogP) is 4.08. The highest BCUT2D eigenvalue weighted by Crippen LogP contribution is 2.35. The number of nitrogens with zero attached hydrogens (tertiary/aromatic N) is 2. The van der Waals surface area contributed by atoms with E-state index in [1.54, 1.807) is 0 Å². The number of methoxy groups -OCH3 is 2. The fourth-order valence-corrected chi connectivity index (χ4v) is 4.36. The van der Waals surface area contributed by atoms with Crippen molar-refractivity contribution in [2.24, 2.45) is 0 Å². The summed E-state index contributed by atoms with van der Waals surface area (Å²) in [4.78, 5) is 19.2. The largest absolute Gasteiger partial charge is 0.508 e. The molecular formula is C23H22F3N3O6S. The Balaban J connectivity index is 1.84. The van der Waals surface area contributed by atoms with E-state index in [1.165, 1.54) is 56.7 Å². The zero-order chi connectivity index (χ0) is 26.5. The Kier molecular flexibility index (Phi) is 8.03. The smallest absolute Gasteiger partial charge is 0.433 e. The minimum absolute atomic E-state index is 0.0673. The number of phenolic OH excluding ortho intramolecular Hbond substituents is 1. The van der Waals surface area contributed by atoms with Gasteiger partial charge in [0, 0.05) is 23.7 Å². The molecule has 36 heavy (non-hydrogen) atoms. The Morgan fingerprint density at radius 1 is 1.03 bits per heavy atom. The van der Waals surface area contributed by atoms with Gasteiger partial charge in [0.2, 0.25) is 20.9 Å². The number of ether oxygens (including phenoxy) is 2. The second kappa shape index (κ2) is 10.8. The van der Waals surface area contributed by atoms with Crippen molar-refractivity contribution in [1.82, 2.24) is 9.97 Å². The highest BCUT2D eigenvalue weighted by atomic mass is 32.2. The first-order chi connectivity index (χ1) is 16.9. The molecule has 1 amide bonds. The van der Waals surface area contributed by atoms with Gasteiger partial charge < -0.3 is 19.9 Å². The van der Waals surface area contributed by atoms with E-state index in [1.807, 2.05) is 0 Å². The topological polar surface area (TPSA) is 128 Å². The molecule has 2 aromatic carbocycles. The molecule has 2 N–H and O–H groups in total. The van der Waals surface area contributed by atoms with Crippen LogP contribution in [0.3, 0.4) is 0 Å². The van der Waals surface area contributed by atoms with Crippen LogP contribution in [-0.2, 0) is 20.8 Å². The number of aromatic hydroxyl groups is 1. The van der Waals surface area contributed by atoms with E-state index >= 15 is 0 Å². The third kappa shape index (κ3) is 6.62. The number of hydrogen-bond acceptors (Lipinski definition) is 8. The summed E-state index contributed by atoms with van der Waals surface area (Å²) in [6.45, 7) is 0. The van der Waals surface area contributed by atoms with Gasteiger partial charge in [-0.05, 0) is 42.8 Å². The number of carbonyl (C=O) groups excluding carboxylic acids is 1. The van der Waals surface area contributed by atoms with Gasteiger partial charge in [0.15, 0.2) is 11.5 Å². The van der Waals surface area contributed by atoms with Crippen LogP contribution in [0, 0.1) is 0 Å². The monoisotopic (exact) mass is 525 g/mol. The van der Waals surface area contributed by atoms with Crippen molar-refractivity contribution in [3.63, 3.8) is 0 Å². The Morgan fingerprint density at radius 2 is 1.75 bits per heavy atom. The minimum atomic E-state index is -4.93. The first-order valence-electron chi connectivity index (χ1n) is 10.4. The Morgan fingerprint density at radius 3 is 2.39 bits per heavy atom. The van der Waals surface area contributed by atoms with Crippen LogP contribution in [0.4, 0.5) is 18.9 Å². The molecule has 1 aromatic heterocycles. The average Bonchev–Trinajstić information content (AvgIpc) is 2.82. The van der Waals surface area contributed by atoms with Crippen molar-refractivity contribution in [3.05, 3.63) is 54.2 Å². The van der Waals surface area contributed by atoms with Crippen LogP contribution >= 0.6 is 0 Å². The SMILES string of the molecule is COc1ccc(-c2cc(C(F)(F)F)nc(S(=O)(=O)CCCC(=O)Nc3cccc(O)c3)n2)cc1OC.